The minimum atomic E-state index is 0.127. The topological polar surface area (TPSA) is 50.9 Å². The van der Waals surface area contributed by atoms with Gasteiger partial charge in [0.1, 0.15) is 0 Å². The van der Waals surface area contributed by atoms with Crippen LogP contribution < -0.4 is 0 Å². The normalized spacial score (nSPS) is 10.5. The number of aldehydes is 1. The third-order valence-electron chi connectivity index (χ3n) is 2.36. The van der Waals surface area contributed by atoms with E-state index in [1.807, 2.05) is 0 Å². The first-order valence-electron chi connectivity index (χ1n) is 6.06. The van der Waals surface area contributed by atoms with Crippen molar-refractivity contribution in [3.05, 3.63) is 0 Å². The summed E-state index contributed by atoms with van der Waals surface area (Å²) in [5.74, 6) is 0. The van der Waals surface area contributed by atoms with Crippen molar-refractivity contribution in [2.75, 3.05) is 19.8 Å². The largest absolute Gasteiger partial charge is 0.394 e. The zero-order chi connectivity index (χ0) is 11.2. The zero-order valence-corrected chi connectivity index (χ0v) is 9.66. The molecule has 0 amide bonds. The molecule has 0 aromatic carbocycles. The van der Waals surface area contributed by atoms with Crippen molar-refractivity contribution in [2.45, 2.75) is 51.4 Å². The van der Waals surface area contributed by atoms with Gasteiger partial charge >= 0.3 is 0 Å². The Morgan fingerprint density at radius 2 is 1.47 bits per heavy atom. The van der Waals surface area contributed by atoms with Crippen molar-refractivity contribution < 1.29 is 14.6 Å². The molecule has 3 heteroatoms. The van der Waals surface area contributed by atoms with Crippen molar-refractivity contribution in [1.82, 2.24) is 0 Å². The molecule has 0 fully saturated rings. The molecule has 0 aliphatic carbocycles. The number of unbranched alkanes of at least 4 members (excludes halogenated alkanes) is 7. The Hall–Kier alpha value is -0.410. The molecule has 0 rings (SSSR count). The lowest BCUT2D eigenvalue weighted by Gasteiger charge is -2.02. The molecule has 2 N–H and O–H groups in total. The lowest BCUT2D eigenvalue weighted by atomic mass is 10.1. The highest BCUT2D eigenvalue weighted by Gasteiger charge is 1.93. The SMILES string of the molecule is OCCOCCCCCCCCCC=[OH+]. The summed E-state index contributed by atoms with van der Waals surface area (Å²) in [5, 5.41) is 8.46. The Balaban J connectivity index is 2.83. The summed E-state index contributed by atoms with van der Waals surface area (Å²) in [7, 11) is 0. The van der Waals surface area contributed by atoms with E-state index in [1.54, 1.807) is 0 Å². The molecule has 3 nitrogen and oxygen atoms in total. The predicted octanol–water partition coefficient (Wildman–Crippen LogP) is 2.29. The minimum Gasteiger partial charge on any atom is -0.394 e. The molecule has 0 radical (unpaired) electrons. The Bertz CT molecular complexity index is 126. The van der Waals surface area contributed by atoms with Gasteiger partial charge in [-0.3, -0.25) is 4.79 Å². The molecule has 15 heavy (non-hydrogen) atoms. The van der Waals surface area contributed by atoms with Gasteiger partial charge in [-0.2, -0.15) is 0 Å². The maximum atomic E-state index is 8.46. The quantitative estimate of drug-likeness (QED) is 0.310. The van der Waals surface area contributed by atoms with Crippen molar-refractivity contribution in [3.63, 3.8) is 0 Å². The van der Waals surface area contributed by atoms with Gasteiger partial charge in [-0.1, -0.05) is 32.1 Å². The van der Waals surface area contributed by atoms with Gasteiger partial charge in [0.05, 0.1) is 19.6 Å². The van der Waals surface area contributed by atoms with Crippen LogP contribution in [0.3, 0.4) is 0 Å². The van der Waals surface area contributed by atoms with Gasteiger partial charge in [0.2, 0.25) is 0 Å². The van der Waals surface area contributed by atoms with Gasteiger partial charge in [-0.05, 0) is 12.8 Å². The Labute approximate surface area is 92.8 Å². The number of carbonyl (C=O) groups excluding carboxylic acids is 1. The molecule has 0 aliphatic heterocycles. The van der Waals surface area contributed by atoms with Gasteiger partial charge in [-0.25, -0.2) is 0 Å². The van der Waals surface area contributed by atoms with Gasteiger partial charge in [-0.15, -0.1) is 0 Å². The lowest BCUT2D eigenvalue weighted by Crippen LogP contribution is -2.00. The van der Waals surface area contributed by atoms with E-state index in [9.17, 15) is 0 Å². The monoisotopic (exact) mass is 217 g/mol. The molecular weight excluding hydrogens is 192 g/mol. The average molecular weight is 217 g/mol. The second-order valence-corrected chi connectivity index (χ2v) is 3.78. The molecule has 90 valence electrons. The van der Waals surface area contributed by atoms with E-state index < -0.39 is 0 Å². The summed E-state index contributed by atoms with van der Waals surface area (Å²) in [6, 6.07) is 0. The van der Waals surface area contributed by atoms with Crippen LogP contribution in [0.1, 0.15) is 51.4 Å². The first-order chi connectivity index (χ1) is 7.41. The second-order valence-electron chi connectivity index (χ2n) is 3.78. The van der Waals surface area contributed by atoms with Gasteiger partial charge in [0, 0.05) is 6.61 Å². The molecule has 0 aromatic heterocycles. The summed E-state index contributed by atoms with van der Waals surface area (Å²) in [4.78, 5) is 8.45. The molecule has 0 unspecified atom stereocenters. The van der Waals surface area contributed by atoms with E-state index >= 15 is 0 Å². The molecule has 0 spiro atoms. The molecule has 0 aliphatic rings. The van der Waals surface area contributed by atoms with Crippen LogP contribution in [0.25, 0.3) is 0 Å². The second kappa shape index (κ2) is 13.6. The van der Waals surface area contributed by atoms with Crippen LogP contribution in [0.2, 0.25) is 0 Å². The fourth-order valence-corrected chi connectivity index (χ4v) is 1.49. The standard InChI is InChI=1S/C12H24O3/c13-9-7-5-3-1-2-4-6-8-11-15-12-10-14/h9,14H,1-8,10-12H2/p+1. The number of hydrogen-bond acceptors (Lipinski definition) is 2. The highest BCUT2D eigenvalue weighted by molar-refractivity contribution is 5.50. The fraction of sp³-hybridized carbons (Fsp3) is 0.917. The van der Waals surface area contributed by atoms with Crippen LogP contribution in [-0.4, -0.2) is 36.0 Å². The molecule has 0 heterocycles. The van der Waals surface area contributed by atoms with Crippen LogP contribution in [0.5, 0.6) is 0 Å². The van der Waals surface area contributed by atoms with E-state index in [4.69, 9.17) is 14.6 Å². The maximum absolute atomic E-state index is 8.46. The van der Waals surface area contributed by atoms with E-state index in [0.29, 0.717) is 6.61 Å². The fourth-order valence-electron chi connectivity index (χ4n) is 1.49. The first-order valence-corrected chi connectivity index (χ1v) is 6.06. The van der Waals surface area contributed by atoms with Gasteiger partial charge in [0.25, 0.3) is 6.29 Å². The summed E-state index contributed by atoms with van der Waals surface area (Å²) in [6.45, 7) is 1.37. The van der Waals surface area contributed by atoms with Crippen molar-refractivity contribution in [3.8, 4) is 0 Å². The first kappa shape index (κ1) is 14.6. The molecule has 0 saturated carbocycles. The Morgan fingerprint density at radius 3 is 2.07 bits per heavy atom. The van der Waals surface area contributed by atoms with Crippen molar-refractivity contribution in [1.29, 1.82) is 0 Å². The van der Waals surface area contributed by atoms with E-state index in [0.717, 1.165) is 25.9 Å². The lowest BCUT2D eigenvalue weighted by molar-refractivity contribution is 0.0895. The van der Waals surface area contributed by atoms with Crippen molar-refractivity contribution >= 4 is 6.29 Å². The number of hydrogen-bond donors (Lipinski definition) is 1. The third-order valence-corrected chi connectivity index (χ3v) is 2.36. The molecule has 0 aromatic rings. The highest BCUT2D eigenvalue weighted by atomic mass is 16.5. The highest BCUT2D eigenvalue weighted by Crippen LogP contribution is 2.07. The number of ether oxygens (including phenoxy) is 1. The van der Waals surface area contributed by atoms with E-state index in [2.05, 4.69) is 0 Å². The predicted molar refractivity (Wildman–Crippen MR) is 62.8 cm³/mol. The smallest absolute Gasteiger partial charge is 0.281 e. The van der Waals surface area contributed by atoms with Crippen LogP contribution >= 0.6 is 0 Å². The average Bonchev–Trinajstić information content (AvgIpc) is 2.26. The van der Waals surface area contributed by atoms with Gasteiger partial charge in [0.15, 0.2) is 0 Å². The summed E-state index contributed by atoms with van der Waals surface area (Å²) < 4.78 is 5.16. The number of rotatable bonds is 12. The van der Waals surface area contributed by atoms with Crippen LogP contribution in [-0.2, 0) is 4.74 Å². The molecule has 0 saturated heterocycles. The minimum absolute atomic E-state index is 0.127. The number of aliphatic hydroxyl groups is 1. The Kier molecular flexibility index (Phi) is 13.2. The Morgan fingerprint density at radius 1 is 0.867 bits per heavy atom. The van der Waals surface area contributed by atoms with E-state index in [-0.39, 0.29) is 6.61 Å². The summed E-state index contributed by atoms with van der Waals surface area (Å²) in [5.41, 5.74) is 0. The summed E-state index contributed by atoms with van der Waals surface area (Å²) >= 11 is 0. The molecule has 0 atom stereocenters. The zero-order valence-electron chi connectivity index (χ0n) is 9.66. The van der Waals surface area contributed by atoms with E-state index in [1.165, 1.54) is 38.4 Å². The number of aliphatic hydroxyl groups excluding tert-OH is 1. The van der Waals surface area contributed by atoms with Crippen molar-refractivity contribution in [2.24, 2.45) is 0 Å². The van der Waals surface area contributed by atoms with Gasteiger partial charge < -0.3 is 9.84 Å². The molecule has 0 bridgehead atoms. The molecular formula is C12H25O3+. The maximum Gasteiger partial charge on any atom is 0.281 e. The van der Waals surface area contributed by atoms with Crippen LogP contribution in [0.4, 0.5) is 0 Å². The summed E-state index contributed by atoms with van der Waals surface area (Å²) in [6.07, 6.45) is 10.5. The van der Waals surface area contributed by atoms with Crippen LogP contribution in [0, 0.1) is 0 Å². The van der Waals surface area contributed by atoms with Crippen LogP contribution in [0.15, 0.2) is 0 Å². The third kappa shape index (κ3) is 13.6.